The smallest absolute Gasteiger partial charge is 0.418 e. The number of nitrogens with one attached hydrogen (secondary N) is 1. The van der Waals surface area contributed by atoms with Crippen LogP contribution in [-0.2, 0) is 27.4 Å². The molecule has 12 heteroatoms. The summed E-state index contributed by atoms with van der Waals surface area (Å²) in [5.74, 6) is -0.955. The van der Waals surface area contributed by atoms with Crippen molar-refractivity contribution in [1.29, 1.82) is 0 Å². The van der Waals surface area contributed by atoms with E-state index in [-0.39, 0.29) is 29.5 Å². The summed E-state index contributed by atoms with van der Waals surface area (Å²) in [6, 6.07) is 12.9. The highest BCUT2D eigenvalue weighted by atomic mass is 32.2. The molecule has 0 atom stereocenters. The van der Waals surface area contributed by atoms with Crippen molar-refractivity contribution in [3.05, 3.63) is 65.7 Å². The highest BCUT2D eigenvalue weighted by molar-refractivity contribution is 7.92. The molecule has 0 saturated heterocycles. The Morgan fingerprint density at radius 1 is 0.949 bits per heavy atom. The molecule has 0 fully saturated rings. The second-order valence-corrected chi connectivity index (χ2v) is 11.0. The number of carboxylic acid groups (broad SMARTS) is 1. The molecule has 2 N–H and O–H groups in total. The lowest BCUT2D eigenvalue weighted by Crippen LogP contribution is -2.29. The quantitative estimate of drug-likeness (QED) is 0.418. The van der Waals surface area contributed by atoms with Crippen LogP contribution in [0.25, 0.3) is 11.3 Å². The number of fused-ring (bicyclic) bond motifs is 6. The van der Waals surface area contributed by atoms with Gasteiger partial charge in [-0.3, -0.25) is 9.52 Å². The molecular formula is C27H29F3N4O4S. The number of aryl methyl sites for hydroxylation is 1. The molecule has 0 saturated carbocycles. The molecule has 4 bridgehead atoms. The molecule has 1 aliphatic rings. The number of halogens is 3. The maximum atomic E-state index is 14.0. The summed E-state index contributed by atoms with van der Waals surface area (Å²) in [6.45, 7) is 0.656. The number of pyridine rings is 2. The average Bonchev–Trinajstić information content (AvgIpc) is 2.88. The first-order chi connectivity index (χ1) is 18.5. The number of sulfonamides is 1. The second kappa shape index (κ2) is 12.0. The van der Waals surface area contributed by atoms with E-state index in [1.165, 1.54) is 12.1 Å². The molecule has 0 aliphatic carbocycles. The third-order valence-electron chi connectivity index (χ3n) is 6.49. The van der Waals surface area contributed by atoms with Crippen molar-refractivity contribution in [2.24, 2.45) is 0 Å². The summed E-state index contributed by atoms with van der Waals surface area (Å²) in [4.78, 5) is 21.3. The molecule has 1 aliphatic heterocycles. The van der Waals surface area contributed by atoms with Gasteiger partial charge in [0, 0.05) is 18.7 Å². The standard InChI is InChI=1S/C27H29F3N4O4S/c28-27(29,30)21-14-15-22-31-26(21)20-11-6-5-10-19(20)9-4-2-1-3-7-17-34(18-16-25(35)36)23-12-8-13-24(32-23)39(37,38)33-22/h5-6,8,10-15H,1-4,7,9,16-18H2,(H,31,33)(H,35,36). The molecule has 3 aromatic rings. The Morgan fingerprint density at radius 2 is 1.69 bits per heavy atom. The number of alkyl halides is 3. The zero-order valence-corrected chi connectivity index (χ0v) is 21.9. The monoisotopic (exact) mass is 562 g/mol. The SMILES string of the molecule is O=C(O)CCN1CCCCCCCc2ccccc2-c2nc(ccc2C(F)(F)F)NS(=O)(=O)c2cccc1n2. The van der Waals surface area contributed by atoms with Crippen LogP contribution in [0, 0.1) is 0 Å². The molecule has 0 unspecified atom stereocenters. The van der Waals surface area contributed by atoms with Crippen LogP contribution >= 0.6 is 0 Å². The molecule has 0 radical (unpaired) electrons. The Kier molecular flexibility index (Phi) is 8.73. The van der Waals surface area contributed by atoms with Crippen LogP contribution in [0.15, 0.2) is 59.6 Å². The van der Waals surface area contributed by atoms with Crippen LogP contribution in [0.2, 0.25) is 0 Å². The Morgan fingerprint density at radius 3 is 2.46 bits per heavy atom. The third-order valence-corrected chi connectivity index (χ3v) is 7.75. The van der Waals surface area contributed by atoms with E-state index in [4.69, 9.17) is 5.11 Å². The van der Waals surface area contributed by atoms with Crippen molar-refractivity contribution in [3.8, 4) is 11.3 Å². The van der Waals surface area contributed by atoms with Crippen LogP contribution < -0.4 is 9.62 Å². The highest BCUT2D eigenvalue weighted by Crippen LogP contribution is 2.38. The number of anilines is 2. The predicted molar refractivity (Wildman–Crippen MR) is 141 cm³/mol. The van der Waals surface area contributed by atoms with Crippen molar-refractivity contribution in [2.45, 2.75) is 56.1 Å². The highest BCUT2D eigenvalue weighted by Gasteiger charge is 2.35. The second-order valence-electron chi connectivity index (χ2n) is 9.34. The minimum absolute atomic E-state index is 0.144. The van der Waals surface area contributed by atoms with Crippen molar-refractivity contribution >= 4 is 27.6 Å². The third kappa shape index (κ3) is 7.25. The van der Waals surface area contributed by atoms with E-state index >= 15 is 0 Å². The van der Waals surface area contributed by atoms with E-state index in [0.717, 1.165) is 44.2 Å². The van der Waals surface area contributed by atoms with Gasteiger partial charge in [-0.15, -0.1) is 0 Å². The minimum atomic E-state index is -4.70. The van der Waals surface area contributed by atoms with Crippen molar-refractivity contribution in [1.82, 2.24) is 9.97 Å². The fraction of sp³-hybridized carbons (Fsp3) is 0.370. The summed E-state index contributed by atoms with van der Waals surface area (Å²) >= 11 is 0. The van der Waals surface area contributed by atoms with Gasteiger partial charge in [0.25, 0.3) is 10.0 Å². The maximum absolute atomic E-state index is 14.0. The van der Waals surface area contributed by atoms with Crippen molar-refractivity contribution in [3.63, 3.8) is 0 Å². The molecular weight excluding hydrogens is 533 g/mol. The number of aromatic nitrogens is 2. The van der Waals surface area contributed by atoms with Gasteiger partial charge in [0.15, 0.2) is 5.03 Å². The number of hydrogen-bond acceptors (Lipinski definition) is 6. The fourth-order valence-corrected chi connectivity index (χ4v) is 5.52. The van der Waals surface area contributed by atoms with Gasteiger partial charge in [-0.2, -0.15) is 21.6 Å². The number of aliphatic carboxylic acids is 1. The Bertz CT molecular complexity index is 1430. The van der Waals surface area contributed by atoms with E-state index in [0.29, 0.717) is 29.9 Å². The zero-order chi connectivity index (χ0) is 28.0. The lowest BCUT2D eigenvalue weighted by molar-refractivity contribution is -0.138. The van der Waals surface area contributed by atoms with Gasteiger partial charge in [0.05, 0.1) is 17.7 Å². The first-order valence-corrected chi connectivity index (χ1v) is 14.2. The first kappa shape index (κ1) is 28.3. The van der Waals surface area contributed by atoms with Gasteiger partial charge in [-0.05, 0) is 49.1 Å². The molecule has 0 amide bonds. The summed E-state index contributed by atoms with van der Waals surface area (Å²) in [7, 11) is -4.33. The van der Waals surface area contributed by atoms with Crippen molar-refractivity contribution in [2.75, 3.05) is 22.7 Å². The Balaban J connectivity index is 1.79. The van der Waals surface area contributed by atoms with Gasteiger partial charge in [-0.1, -0.05) is 49.6 Å². The molecule has 39 heavy (non-hydrogen) atoms. The number of nitrogens with zero attached hydrogens (tertiary/aromatic N) is 3. The molecule has 8 nitrogen and oxygen atoms in total. The largest absolute Gasteiger partial charge is 0.481 e. The van der Waals surface area contributed by atoms with E-state index < -0.39 is 27.7 Å². The van der Waals surface area contributed by atoms with Gasteiger partial charge in [0.1, 0.15) is 11.6 Å². The molecule has 208 valence electrons. The number of hydrogen-bond donors (Lipinski definition) is 2. The molecule has 2 aromatic heterocycles. The Hall–Kier alpha value is -3.67. The zero-order valence-electron chi connectivity index (χ0n) is 21.1. The predicted octanol–water partition coefficient (Wildman–Crippen LogP) is 5.75. The van der Waals surface area contributed by atoms with Crippen LogP contribution in [-0.4, -0.2) is 42.6 Å². The van der Waals surface area contributed by atoms with Gasteiger partial charge in [-0.25, -0.2) is 9.97 Å². The maximum Gasteiger partial charge on any atom is 0.418 e. The van der Waals surface area contributed by atoms with Crippen LogP contribution in [0.1, 0.15) is 49.7 Å². The van der Waals surface area contributed by atoms with Crippen molar-refractivity contribution < 1.29 is 31.5 Å². The van der Waals surface area contributed by atoms with E-state index in [1.54, 1.807) is 35.2 Å². The number of carboxylic acids is 1. The first-order valence-electron chi connectivity index (χ1n) is 12.7. The lowest BCUT2D eigenvalue weighted by Gasteiger charge is -2.23. The van der Waals surface area contributed by atoms with E-state index in [2.05, 4.69) is 14.7 Å². The molecule has 4 rings (SSSR count). The van der Waals surface area contributed by atoms with Crippen LogP contribution in [0.3, 0.4) is 0 Å². The summed E-state index contributed by atoms with van der Waals surface area (Å²) in [5.41, 5.74) is -0.297. The number of carbonyl (C=O) groups is 1. The fourth-order valence-electron chi connectivity index (χ4n) is 4.56. The number of benzene rings is 1. The topological polar surface area (TPSA) is 112 Å². The molecule has 1 aromatic carbocycles. The lowest BCUT2D eigenvalue weighted by atomic mass is 9.96. The summed E-state index contributed by atoms with van der Waals surface area (Å²) < 4.78 is 70.6. The average molecular weight is 563 g/mol. The molecule has 0 spiro atoms. The summed E-state index contributed by atoms with van der Waals surface area (Å²) in [6.07, 6.45) is -0.170. The van der Waals surface area contributed by atoms with Crippen LogP contribution in [0.5, 0.6) is 0 Å². The van der Waals surface area contributed by atoms with Gasteiger partial charge < -0.3 is 10.0 Å². The Labute approximate surface area is 225 Å². The van der Waals surface area contributed by atoms with Crippen LogP contribution in [0.4, 0.5) is 24.8 Å². The van der Waals surface area contributed by atoms with Gasteiger partial charge in [0.2, 0.25) is 0 Å². The minimum Gasteiger partial charge on any atom is -0.481 e. The normalized spacial score (nSPS) is 16.3. The van der Waals surface area contributed by atoms with E-state index in [9.17, 15) is 26.4 Å². The number of rotatable bonds is 3. The van der Waals surface area contributed by atoms with Gasteiger partial charge >= 0.3 is 12.1 Å². The molecule has 3 heterocycles. The summed E-state index contributed by atoms with van der Waals surface area (Å²) in [5, 5.41) is 8.81. The van der Waals surface area contributed by atoms with E-state index in [1.807, 2.05) is 0 Å².